The van der Waals surface area contributed by atoms with Gasteiger partial charge in [-0.05, 0) is 24.1 Å². The molecule has 2 aromatic carbocycles. The van der Waals surface area contributed by atoms with Crippen molar-refractivity contribution in [3.8, 4) is 0 Å². The Morgan fingerprint density at radius 1 is 1.05 bits per heavy atom. The summed E-state index contributed by atoms with van der Waals surface area (Å²) in [6, 6.07) is 18.5. The summed E-state index contributed by atoms with van der Waals surface area (Å²) in [5.41, 5.74) is 9.78. The Morgan fingerprint density at radius 3 is 2.52 bits per heavy atom. The molecule has 1 atom stereocenters. The van der Waals surface area contributed by atoms with Crippen LogP contribution < -0.4 is 5.73 Å². The van der Waals surface area contributed by atoms with Gasteiger partial charge in [0.05, 0.1) is 11.0 Å². The van der Waals surface area contributed by atoms with E-state index in [-0.39, 0.29) is 6.04 Å². The van der Waals surface area contributed by atoms with E-state index in [0.717, 1.165) is 36.3 Å². The van der Waals surface area contributed by atoms with Crippen LogP contribution in [0.25, 0.3) is 11.0 Å². The monoisotopic (exact) mass is 279 g/mol. The number of nitrogens with two attached hydrogens (primary N) is 1. The average Bonchev–Trinajstić information content (AvgIpc) is 2.86. The van der Waals surface area contributed by atoms with Gasteiger partial charge in [-0.15, -0.1) is 0 Å². The second kappa shape index (κ2) is 6.10. The predicted molar refractivity (Wildman–Crippen MR) is 87.1 cm³/mol. The standard InChI is InChI=1S/C18H21N3/c1-2-12-21-17-11-7-6-10-16(17)20-18(21)13-15(19)14-8-4-3-5-9-14/h3-11,15H,2,12-13,19H2,1H3. The zero-order valence-corrected chi connectivity index (χ0v) is 12.4. The Kier molecular flexibility index (Phi) is 4.02. The van der Waals surface area contributed by atoms with Gasteiger partial charge in [0.25, 0.3) is 0 Å². The van der Waals surface area contributed by atoms with E-state index in [1.807, 2.05) is 24.3 Å². The highest BCUT2D eigenvalue weighted by molar-refractivity contribution is 5.75. The van der Waals surface area contributed by atoms with E-state index >= 15 is 0 Å². The third-order valence-electron chi connectivity index (χ3n) is 3.81. The number of aromatic nitrogens is 2. The van der Waals surface area contributed by atoms with Gasteiger partial charge >= 0.3 is 0 Å². The first kappa shape index (κ1) is 13.8. The fourth-order valence-corrected chi connectivity index (χ4v) is 2.77. The largest absolute Gasteiger partial charge is 0.328 e. The van der Waals surface area contributed by atoms with Gasteiger partial charge in [-0.3, -0.25) is 0 Å². The Morgan fingerprint density at radius 2 is 1.76 bits per heavy atom. The second-order valence-corrected chi connectivity index (χ2v) is 5.39. The van der Waals surface area contributed by atoms with Crippen LogP contribution in [0.15, 0.2) is 54.6 Å². The first-order valence-corrected chi connectivity index (χ1v) is 7.54. The van der Waals surface area contributed by atoms with Gasteiger partial charge in [0.2, 0.25) is 0 Å². The van der Waals surface area contributed by atoms with Crippen molar-refractivity contribution in [2.45, 2.75) is 32.4 Å². The van der Waals surface area contributed by atoms with Gasteiger partial charge in [0, 0.05) is 19.0 Å². The highest BCUT2D eigenvalue weighted by Crippen LogP contribution is 2.21. The zero-order valence-electron chi connectivity index (χ0n) is 12.4. The normalized spacial score (nSPS) is 12.7. The van der Waals surface area contributed by atoms with Crippen molar-refractivity contribution in [3.63, 3.8) is 0 Å². The lowest BCUT2D eigenvalue weighted by Gasteiger charge is -2.13. The Bertz CT molecular complexity index is 716. The minimum absolute atomic E-state index is 0.0152. The van der Waals surface area contributed by atoms with Crippen molar-refractivity contribution in [2.75, 3.05) is 0 Å². The molecule has 0 radical (unpaired) electrons. The summed E-state index contributed by atoms with van der Waals surface area (Å²) in [6.45, 7) is 3.17. The minimum atomic E-state index is -0.0152. The maximum atomic E-state index is 6.36. The molecular weight excluding hydrogens is 258 g/mol. The number of para-hydroxylation sites is 2. The molecule has 0 saturated carbocycles. The number of benzene rings is 2. The van der Waals surface area contributed by atoms with E-state index in [1.165, 1.54) is 5.52 Å². The molecule has 3 heteroatoms. The lowest BCUT2D eigenvalue weighted by atomic mass is 10.0. The van der Waals surface area contributed by atoms with E-state index in [2.05, 4.69) is 41.8 Å². The molecule has 0 aliphatic heterocycles. The van der Waals surface area contributed by atoms with Gasteiger partial charge in [0.15, 0.2) is 0 Å². The van der Waals surface area contributed by atoms with Crippen molar-refractivity contribution in [3.05, 3.63) is 66.0 Å². The van der Waals surface area contributed by atoms with Crippen LogP contribution in [0.4, 0.5) is 0 Å². The SMILES string of the molecule is CCCn1c(CC(N)c2ccccc2)nc2ccccc21. The predicted octanol–water partition coefficient (Wildman–Crippen LogP) is 3.69. The Hall–Kier alpha value is -2.13. The van der Waals surface area contributed by atoms with Crippen LogP contribution in [-0.2, 0) is 13.0 Å². The highest BCUT2D eigenvalue weighted by Gasteiger charge is 2.14. The van der Waals surface area contributed by atoms with Crippen molar-refractivity contribution in [1.29, 1.82) is 0 Å². The molecule has 0 amide bonds. The van der Waals surface area contributed by atoms with E-state index in [1.54, 1.807) is 0 Å². The van der Waals surface area contributed by atoms with Crippen molar-refractivity contribution < 1.29 is 0 Å². The number of imidazole rings is 1. The topological polar surface area (TPSA) is 43.8 Å². The van der Waals surface area contributed by atoms with E-state index < -0.39 is 0 Å². The molecule has 0 aliphatic rings. The van der Waals surface area contributed by atoms with Crippen LogP contribution in [0.5, 0.6) is 0 Å². The van der Waals surface area contributed by atoms with Gasteiger partial charge < -0.3 is 10.3 Å². The molecule has 0 saturated heterocycles. The molecule has 3 nitrogen and oxygen atoms in total. The molecular formula is C18H21N3. The molecule has 1 aromatic heterocycles. The number of hydrogen-bond donors (Lipinski definition) is 1. The summed E-state index contributed by atoms with van der Waals surface area (Å²) >= 11 is 0. The van der Waals surface area contributed by atoms with E-state index in [0.29, 0.717) is 0 Å². The smallest absolute Gasteiger partial charge is 0.111 e. The summed E-state index contributed by atoms with van der Waals surface area (Å²) in [5.74, 6) is 1.08. The maximum absolute atomic E-state index is 6.36. The van der Waals surface area contributed by atoms with Gasteiger partial charge in [0.1, 0.15) is 5.82 Å². The summed E-state index contributed by atoms with van der Waals surface area (Å²) < 4.78 is 2.30. The number of nitrogens with zero attached hydrogens (tertiary/aromatic N) is 2. The molecule has 0 bridgehead atoms. The minimum Gasteiger partial charge on any atom is -0.328 e. The van der Waals surface area contributed by atoms with Crippen LogP contribution in [0.1, 0.15) is 30.8 Å². The fraction of sp³-hybridized carbons (Fsp3) is 0.278. The number of fused-ring (bicyclic) bond motifs is 1. The summed E-state index contributed by atoms with van der Waals surface area (Å²) in [5, 5.41) is 0. The van der Waals surface area contributed by atoms with Crippen LogP contribution >= 0.6 is 0 Å². The van der Waals surface area contributed by atoms with Crippen LogP contribution in [0.2, 0.25) is 0 Å². The lowest BCUT2D eigenvalue weighted by molar-refractivity contribution is 0.610. The van der Waals surface area contributed by atoms with Crippen LogP contribution in [-0.4, -0.2) is 9.55 Å². The molecule has 21 heavy (non-hydrogen) atoms. The summed E-state index contributed by atoms with van der Waals surface area (Å²) in [7, 11) is 0. The zero-order chi connectivity index (χ0) is 14.7. The van der Waals surface area contributed by atoms with Crippen LogP contribution in [0, 0.1) is 0 Å². The number of aryl methyl sites for hydroxylation is 1. The van der Waals surface area contributed by atoms with Crippen LogP contribution in [0.3, 0.4) is 0 Å². The molecule has 0 aliphatic carbocycles. The molecule has 3 rings (SSSR count). The van der Waals surface area contributed by atoms with Crippen molar-refractivity contribution in [2.24, 2.45) is 5.73 Å². The number of hydrogen-bond acceptors (Lipinski definition) is 2. The Labute approximate surface area is 125 Å². The fourth-order valence-electron chi connectivity index (χ4n) is 2.77. The summed E-state index contributed by atoms with van der Waals surface area (Å²) in [6.07, 6.45) is 1.85. The number of rotatable bonds is 5. The average molecular weight is 279 g/mol. The quantitative estimate of drug-likeness (QED) is 0.774. The third kappa shape index (κ3) is 2.83. The Balaban J connectivity index is 1.94. The second-order valence-electron chi connectivity index (χ2n) is 5.39. The van der Waals surface area contributed by atoms with E-state index in [9.17, 15) is 0 Å². The first-order valence-electron chi connectivity index (χ1n) is 7.54. The molecule has 1 heterocycles. The third-order valence-corrected chi connectivity index (χ3v) is 3.81. The summed E-state index contributed by atoms with van der Waals surface area (Å²) in [4.78, 5) is 4.78. The molecule has 1 unspecified atom stereocenters. The molecule has 108 valence electrons. The first-order chi connectivity index (χ1) is 10.3. The van der Waals surface area contributed by atoms with E-state index in [4.69, 9.17) is 10.7 Å². The van der Waals surface area contributed by atoms with Crippen molar-refractivity contribution in [1.82, 2.24) is 9.55 Å². The van der Waals surface area contributed by atoms with Gasteiger partial charge in [-0.2, -0.15) is 0 Å². The lowest BCUT2D eigenvalue weighted by Crippen LogP contribution is -2.16. The maximum Gasteiger partial charge on any atom is 0.111 e. The van der Waals surface area contributed by atoms with Crippen molar-refractivity contribution >= 4 is 11.0 Å². The van der Waals surface area contributed by atoms with Gasteiger partial charge in [-0.25, -0.2) is 4.98 Å². The molecule has 3 aromatic rings. The molecule has 0 fully saturated rings. The van der Waals surface area contributed by atoms with Gasteiger partial charge in [-0.1, -0.05) is 49.4 Å². The molecule has 0 spiro atoms. The molecule has 2 N–H and O–H groups in total. The highest BCUT2D eigenvalue weighted by atomic mass is 15.1.